The van der Waals surface area contributed by atoms with Gasteiger partial charge in [0.25, 0.3) is 0 Å². The van der Waals surface area contributed by atoms with Crippen molar-refractivity contribution in [3.8, 4) is 6.07 Å². The van der Waals surface area contributed by atoms with Crippen molar-refractivity contribution in [2.45, 2.75) is 38.9 Å². The predicted molar refractivity (Wildman–Crippen MR) is 65.1 cm³/mol. The fourth-order valence-corrected chi connectivity index (χ4v) is 2.71. The van der Waals surface area contributed by atoms with Gasteiger partial charge in [-0.05, 0) is 32.6 Å². The molecule has 2 fully saturated rings. The van der Waals surface area contributed by atoms with E-state index in [-0.39, 0.29) is 12.2 Å². The Morgan fingerprint density at radius 1 is 1.12 bits per heavy atom. The number of nitriles is 1. The third-order valence-electron chi connectivity index (χ3n) is 3.75. The van der Waals surface area contributed by atoms with Gasteiger partial charge in [0.05, 0.1) is 19.3 Å². The van der Waals surface area contributed by atoms with Crippen LogP contribution in [0.2, 0.25) is 0 Å². The fourth-order valence-electron chi connectivity index (χ4n) is 2.71. The number of hydrogen-bond acceptors (Lipinski definition) is 3. The highest BCUT2D eigenvalue weighted by atomic mass is 16.7. The molecule has 1 aliphatic carbocycles. The maximum Gasteiger partial charge on any atom is 0.160 e. The van der Waals surface area contributed by atoms with Crippen LogP contribution in [0.1, 0.15) is 32.6 Å². The summed E-state index contributed by atoms with van der Waals surface area (Å²) in [7, 11) is 0. The highest BCUT2D eigenvalue weighted by molar-refractivity contribution is 4.90. The van der Waals surface area contributed by atoms with Crippen molar-refractivity contribution in [3.63, 3.8) is 0 Å². The molecule has 3 heteroatoms. The molecule has 0 atom stereocenters. The van der Waals surface area contributed by atoms with E-state index in [1.165, 1.54) is 0 Å². The molecule has 1 heterocycles. The van der Waals surface area contributed by atoms with Crippen LogP contribution in [0, 0.1) is 29.1 Å². The molecule has 2 aliphatic rings. The van der Waals surface area contributed by atoms with Crippen molar-refractivity contribution < 1.29 is 9.47 Å². The Bertz CT molecular complexity index is 292. The average molecular weight is 235 g/mol. The molecule has 2 rings (SSSR count). The third kappa shape index (κ3) is 3.31. The molecule has 17 heavy (non-hydrogen) atoms. The summed E-state index contributed by atoms with van der Waals surface area (Å²) in [6.45, 7) is 3.57. The van der Waals surface area contributed by atoms with Crippen molar-refractivity contribution in [1.82, 2.24) is 0 Å². The van der Waals surface area contributed by atoms with Crippen molar-refractivity contribution in [2.24, 2.45) is 17.8 Å². The number of nitrogens with zero attached hydrogens (tertiary/aromatic N) is 1. The summed E-state index contributed by atoms with van der Waals surface area (Å²) in [5, 5.41) is 8.86. The van der Waals surface area contributed by atoms with Crippen LogP contribution < -0.4 is 0 Å². The van der Waals surface area contributed by atoms with E-state index in [2.05, 4.69) is 18.2 Å². The lowest BCUT2D eigenvalue weighted by Crippen LogP contribution is -2.37. The van der Waals surface area contributed by atoms with Gasteiger partial charge >= 0.3 is 0 Å². The second kappa shape index (κ2) is 6.18. The Hall–Kier alpha value is -0.850. The summed E-state index contributed by atoms with van der Waals surface area (Å²) in [5.41, 5.74) is 0. The molecule has 1 saturated heterocycles. The van der Waals surface area contributed by atoms with Gasteiger partial charge in [0, 0.05) is 17.8 Å². The maximum absolute atomic E-state index is 8.86. The highest BCUT2D eigenvalue weighted by Gasteiger charge is 2.31. The SMILES string of the molecule is CC=CC1COC(C2CCC(C#N)CC2)OC1. The van der Waals surface area contributed by atoms with E-state index in [9.17, 15) is 0 Å². The average Bonchev–Trinajstić information content (AvgIpc) is 2.40. The van der Waals surface area contributed by atoms with Crippen LogP contribution in [-0.4, -0.2) is 19.5 Å². The lowest BCUT2D eigenvalue weighted by atomic mass is 9.82. The standard InChI is InChI=1S/C14H21NO2/c1-2-3-12-9-16-14(17-10-12)13-6-4-11(8-15)5-7-13/h2-3,11-14H,4-7,9-10H2,1H3. The van der Waals surface area contributed by atoms with Gasteiger partial charge < -0.3 is 9.47 Å². The minimum atomic E-state index is -0.0313. The first-order chi connectivity index (χ1) is 8.33. The molecular weight excluding hydrogens is 214 g/mol. The smallest absolute Gasteiger partial charge is 0.160 e. The van der Waals surface area contributed by atoms with E-state index < -0.39 is 0 Å². The van der Waals surface area contributed by atoms with Crippen molar-refractivity contribution in [3.05, 3.63) is 12.2 Å². The van der Waals surface area contributed by atoms with E-state index in [1.54, 1.807) is 0 Å². The molecule has 0 aromatic rings. The van der Waals surface area contributed by atoms with Crippen LogP contribution in [-0.2, 0) is 9.47 Å². The topological polar surface area (TPSA) is 42.2 Å². The molecule has 1 aliphatic heterocycles. The Labute approximate surface area is 103 Å². The lowest BCUT2D eigenvalue weighted by molar-refractivity contribution is -0.222. The highest BCUT2D eigenvalue weighted by Crippen LogP contribution is 2.33. The first kappa shape index (κ1) is 12.6. The summed E-state index contributed by atoms with van der Waals surface area (Å²) in [6.07, 6.45) is 8.30. The number of allylic oxidation sites excluding steroid dienone is 1. The van der Waals surface area contributed by atoms with Crippen LogP contribution in [0.4, 0.5) is 0 Å². The third-order valence-corrected chi connectivity index (χ3v) is 3.75. The van der Waals surface area contributed by atoms with Crippen LogP contribution >= 0.6 is 0 Å². The first-order valence-corrected chi connectivity index (χ1v) is 6.59. The van der Waals surface area contributed by atoms with Gasteiger partial charge in [-0.15, -0.1) is 0 Å². The molecule has 0 N–H and O–H groups in total. The molecule has 0 amide bonds. The molecule has 0 aromatic heterocycles. The number of ether oxygens (including phenoxy) is 2. The minimum absolute atomic E-state index is 0.0313. The Morgan fingerprint density at radius 3 is 2.29 bits per heavy atom. The van der Waals surface area contributed by atoms with Crippen LogP contribution in [0.15, 0.2) is 12.2 Å². The Morgan fingerprint density at radius 2 is 1.76 bits per heavy atom. The summed E-state index contributed by atoms with van der Waals surface area (Å²) in [4.78, 5) is 0. The fraction of sp³-hybridized carbons (Fsp3) is 0.786. The zero-order chi connectivity index (χ0) is 12.1. The molecule has 94 valence electrons. The van der Waals surface area contributed by atoms with Gasteiger partial charge in [-0.3, -0.25) is 0 Å². The quantitative estimate of drug-likeness (QED) is 0.691. The maximum atomic E-state index is 8.86. The zero-order valence-electron chi connectivity index (χ0n) is 10.5. The summed E-state index contributed by atoms with van der Waals surface area (Å²) in [6, 6.07) is 2.36. The monoisotopic (exact) mass is 235 g/mol. The second-order valence-electron chi connectivity index (χ2n) is 5.06. The van der Waals surface area contributed by atoms with Gasteiger partial charge in [0.15, 0.2) is 6.29 Å². The zero-order valence-corrected chi connectivity index (χ0v) is 10.5. The Kier molecular flexibility index (Phi) is 4.58. The summed E-state index contributed by atoms with van der Waals surface area (Å²) < 4.78 is 11.6. The van der Waals surface area contributed by atoms with Crippen molar-refractivity contribution >= 4 is 0 Å². The first-order valence-electron chi connectivity index (χ1n) is 6.59. The normalized spacial score (nSPS) is 39.1. The molecule has 0 unspecified atom stereocenters. The van der Waals surface area contributed by atoms with Gasteiger partial charge in [-0.2, -0.15) is 5.26 Å². The lowest BCUT2D eigenvalue weighted by Gasteiger charge is -2.35. The Balaban J connectivity index is 1.76. The molecule has 0 bridgehead atoms. The van der Waals surface area contributed by atoms with E-state index in [1.807, 2.05) is 6.92 Å². The second-order valence-corrected chi connectivity index (χ2v) is 5.06. The van der Waals surface area contributed by atoms with E-state index in [0.717, 1.165) is 38.9 Å². The molecular formula is C14H21NO2. The van der Waals surface area contributed by atoms with Crippen molar-refractivity contribution in [2.75, 3.05) is 13.2 Å². The van der Waals surface area contributed by atoms with E-state index in [4.69, 9.17) is 14.7 Å². The molecule has 0 spiro atoms. The van der Waals surface area contributed by atoms with Gasteiger partial charge in [0.1, 0.15) is 0 Å². The molecule has 1 saturated carbocycles. The van der Waals surface area contributed by atoms with Gasteiger partial charge in [-0.1, -0.05) is 12.2 Å². The van der Waals surface area contributed by atoms with Crippen molar-refractivity contribution in [1.29, 1.82) is 5.26 Å². The molecule has 0 aromatic carbocycles. The van der Waals surface area contributed by atoms with Crippen LogP contribution in [0.3, 0.4) is 0 Å². The molecule has 0 radical (unpaired) electrons. The number of hydrogen-bond donors (Lipinski definition) is 0. The van der Waals surface area contributed by atoms with E-state index in [0.29, 0.717) is 11.8 Å². The largest absolute Gasteiger partial charge is 0.352 e. The minimum Gasteiger partial charge on any atom is -0.352 e. The summed E-state index contributed by atoms with van der Waals surface area (Å²) in [5.74, 6) is 1.16. The van der Waals surface area contributed by atoms with Gasteiger partial charge in [-0.25, -0.2) is 0 Å². The molecule has 3 nitrogen and oxygen atoms in total. The predicted octanol–water partition coefficient (Wildman–Crippen LogP) is 2.88. The summed E-state index contributed by atoms with van der Waals surface area (Å²) >= 11 is 0. The number of rotatable bonds is 2. The van der Waals surface area contributed by atoms with Gasteiger partial charge in [0.2, 0.25) is 0 Å². The van der Waals surface area contributed by atoms with Crippen LogP contribution in [0.25, 0.3) is 0 Å². The van der Waals surface area contributed by atoms with Crippen LogP contribution in [0.5, 0.6) is 0 Å². The van der Waals surface area contributed by atoms with E-state index >= 15 is 0 Å².